The lowest BCUT2D eigenvalue weighted by atomic mass is 10.3. The maximum Gasteiger partial charge on any atom is 0.147 e. The molecular formula is C10H14N2O. The first kappa shape index (κ1) is 9.71. The Kier molecular flexibility index (Phi) is 3.43. The lowest BCUT2D eigenvalue weighted by Crippen LogP contribution is -1.88. The lowest BCUT2D eigenvalue weighted by molar-refractivity contribution is 0.415. The molecule has 0 aromatic carbocycles. The number of aromatic nitrogens is 1. The van der Waals surface area contributed by atoms with Crippen molar-refractivity contribution in [1.82, 2.24) is 4.98 Å². The zero-order valence-corrected chi connectivity index (χ0v) is 8.24. The van der Waals surface area contributed by atoms with Gasteiger partial charge in [-0.3, -0.25) is 9.98 Å². The number of nitrogens with zero attached hydrogens (tertiary/aromatic N) is 2. The number of hydrogen-bond donors (Lipinski definition) is 0. The van der Waals surface area contributed by atoms with Crippen molar-refractivity contribution >= 4 is 11.4 Å². The molecule has 1 rings (SSSR count). The van der Waals surface area contributed by atoms with Gasteiger partial charge in [0.15, 0.2) is 0 Å². The van der Waals surface area contributed by atoms with Crippen LogP contribution in [0, 0.1) is 0 Å². The van der Waals surface area contributed by atoms with Gasteiger partial charge >= 0.3 is 0 Å². The summed E-state index contributed by atoms with van der Waals surface area (Å²) in [5.74, 6) is 0.766. The third-order valence-electron chi connectivity index (χ3n) is 1.80. The van der Waals surface area contributed by atoms with Crippen LogP contribution in [0.15, 0.2) is 23.5 Å². The first-order valence-corrected chi connectivity index (χ1v) is 4.30. The fraction of sp³-hybridized carbons (Fsp3) is 0.400. The molecule has 1 heterocycles. The van der Waals surface area contributed by atoms with Gasteiger partial charge < -0.3 is 4.74 Å². The monoisotopic (exact) mass is 178 g/mol. The third kappa shape index (κ3) is 2.54. The van der Waals surface area contributed by atoms with E-state index < -0.39 is 0 Å². The van der Waals surface area contributed by atoms with Crippen LogP contribution >= 0.6 is 0 Å². The van der Waals surface area contributed by atoms with Gasteiger partial charge in [-0.1, -0.05) is 6.92 Å². The molecule has 0 fully saturated rings. The van der Waals surface area contributed by atoms with Gasteiger partial charge in [0.1, 0.15) is 11.4 Å². The number of methoxy groups -OCH3 is 1. The highest BCUT2D eigenvalue weighted by molar-refractivity contribution is 5.84. The van der Waals surface area contributed by atoms with Gasteiger partial charge in [0.2, 0.25) is 0 Å². The second kappa shape index (κ2) is 4.60. The van der Waals surface area contributed by atoms with Crippen LogP contribution in [0.1, 0.15) is 20.3 Å². The van der Waals surface area contributed by atoms with E-state index in [1.807, 2.05) is 13.0 Å². The Morgan fingerprint density at radius 1 is 1.62 bits per heavy atom. The van der Waals surface area contributed by atoms with Crippen molar-refractivity contribution in [3.05, 3.63) is 18.5 Å². The van der Waals surface area contributed by atoms with Crippen LogP contribution in [0.4, 0.5) is 5.69 Å². The van der Waals surface area contributed by atoms with Crippen LogP contribution < -0.4 is 4.74 Å². The molecule has 1 aromatic heterocycles. The average Bonchev–Trinajstić information content (AvgIpc) is 2.18. The van der Waals surface area contributed by atoms with E-state index in [0.717, 1.165) is 23.6 Å². The topological polar surface area (TPSA) is 34.5 Å². The Bertz CT molecular complexity index is 308. The molecule has 0 atom stereocenters. The highest BCUT2D eigenvalue weighted by Crippen LogP contribution is 2.25. The molecule has 0 saturated carbocycles. The minimum absolute atomic E-state index is 0.766. The van der Waals surface area contributed by atoms with Crippen LogP contribution in [0.3, 0.4) is 0 Å². The molecule has 0 amide bonds. The highest BCUT2D eigenvalue weighted by Gasteiger charge is 1.99. The Morgan fingerprint density at radius 3 is 3.00 bits per heavy atom. The third-order valence-corrected chi connectivity index (χ3v) is 1.80. The van der Waals surface area contributed by atoms with Crippen molar-refractivity contribution in [1.29, 1.82) is 0 Å². The highest BCUT2D eigenvalue weighted by atomic mass is 16.5. The van der Waals surface area contributed by atoms with Crippen LogP contribution in [0.5, 0.6) is 5.75 Å². The zero-order chi connectivity index (χ0) is 9.68. The molecule has 0 bridgehead atoms. The van der Waals surface area contributed by atoms with E-state index in [9.17, 15) is 0 Å². The van der Waals surface area contributed by atoms with Gasteiger partial charge in [-0.05, 0) is 13.3 Å². The van der Waals surface area contributed by atoms with Crippen molar-refractivity contribution < 1.29 is 4.74 Å². The van der Waals surface area contributed by atoms with Gasteiger partial charge in [-0.15, -0.1) is 0 Å². The lowest BCUT2D eigenvalue weighted by Gasteiger charge is -2.03. The molecule has 0 N–H and O–H groups in total. The first-order valence-electron chi connectivity index (χ1n) is 4.30. The molecule has 0 aliphatic rings. The molecular weight excluding hydrogens is 164 g/mol. The predicted molar refractivity (Wildman–Crippen MR) is 53.8 cm³/mol. The number of rotatable bonds is 3. The van der Waals surface area contributed by atoms with Gasteiger partial charge in [-0.2, -0.15) is 0 Å². The van der Waals surface area contributed by atoms with Gasteiger partial charge in [0.25, 0.3) is 0 Å². The molecule has 0 aliphatic carbocycles. The van der Waals surface area contributed by atoms with E-state index >= 15 is 0 Å². The molecule has 3 heteroatoms. The summed E-state index contributed by atoms with van der Waals surface area (Å²) in [5.41, 5.74) is 1.87. The SMILES string of the molecule is CCC(C)=Nc1cnccc1OC. The summed E-state index contributed by atoms with van der Waals surface area (Å²) in [6.45, 7) is 4.06. The largest absolute Gasteiger partial charge is 0.494 e. The molecule has 3 nitrogen and oxygen atoms in total. The molecule has 13 heavy (non-hydrogen) atoms. The van der Waals surface area contributed by atoms with Gasteiger partial charge in [-0.25, -0.2) is 0 Å². The minimum atomic E-state index is 0.766. The van der Waals surface area contributed by atoms with Crippen LogP contribution in [0.2, 0.25) is 0 Å². The summed E-state index contributed by atoms with van der Waals surface area (Å²) in [7, 11) is 1.63. The second-order valence-corrected chi connectivity index (χ2v) is 2.75. The van der Waals surface area contributed by atoms with Gasteiger partial charge in [0, 0.05) is 18.0 Å². The van der Waals surface area contributed by atoms with Crippen molar-refractivity contribution in [2.45, 2.75) is 20.3 Å². The number of pyridine rings is 1. The van der Waals surface area contributed by atoms with E-state index in [1.165, 1.54) is 0 Å². The normalized spacial score (nSPS) is 11.5. The maximum absolute atomic E-state index is 5.14. The fourth-order valence-electron chi connectivity index (χ4n) is 0.915. The summed E-state index contributed by atoms with van der Waals surface area (Å²) in [6.07, 6.45) is 4.34. The van der Waals surface area contributed by atoms with Crippen LogP contribution in [-0.4, -0.2) is 17.8 Å². The summed E-state index contributed by atoms with van der Waals surface area (Å²) >= 11 is 0. The predicted octanol–water partition coefficient (Wildman–Crippen LogP) is 2.59. The number of hydrogen-bond acceptors (Lipinski definition) is 3. The van der Waals surface area contributed by atoms with E-state index in [1.54, 1.807) is 19.5 Å². The summed E-state index contributed by atoms with van der Waals surface area (Å²) in [4.78, 5) is 8.37. The van der Waals surface area contributed by atoms with Crippen molar-refractivity contribution in [3.63, 3.8) is 0 Å². The van der Waals surface area contributed by atoms with E-state index in [0.29, 0.717) is 0 Å². The average molecular weight is 178 g/mol. The number of ether oxygens (including phenoxy) is 1. The quantitative estimate of drug-likeness (QED) is 0.667. The number of aliphatic imine (C=N–C) groups is 1. The van der Waals surface area contributed by atoms with Crippen molar-refractivity contribution in [3.8, 4) is 5.75 Å². The molecule has 0 saturated heterocycles. The maximum atomic E-state index is 5.14. The molecule has 0 radical (unpaired) electrons. The van der Waals surface area contributed by atoms with Crippen LogP contribution in [-0.2, 0) is 0 Å². The Hall–Kier alpha value is -1.38. The zero-order valence-electron chi connectivity index (χ0n) is 8.24. The summed E-state index contributed by atoms with van der Waals surface area (Å²) in [6, 6.07) is 1.81. The summed E-state index contributed by atoms with van der Waals surface area (Å²) < 4.78 is 5.14. The standard InChI is InChI=1S/C10H14N2O/c1-4-8(2)12-9-7-11-6-5-10(9)13-3/h5-7H,4H2,1-3H3. The molecule has 1 aromatic rings. The van der Waals surface area contributed by atoms with Crippen molar-refractivity contribution in [2.24, 2.45) is 4.99 Å². The van der Waals surface area contributed by atoms with E-state index in [4.69, 9.17) is 4.74 Å². The molecule has 0 spiro atoms. The van der Waals surface area contributed by atoms with Gasteiger partial charge in [0.05, 0.1) is 13.3 Å². The van der Waals surface area contributed by atoms with Crippen molar-refractivity contribution in [2.75, 3.05) is 7.11 Å². The smallest absolute Gasteiger partial charge is 0.147 e. The van der Waals surface area contributed by atoms with Crippen LogP contribution in [0.25, 0.3) is 0 Å². The Balaban J connectivity index is 2.99. The molecule has 70 valence electrons. The Morgan fingerprint density at radius 2 is 2.38 bits per heavy atom. The fourth-order valence-corrected chi connectivity index (χ4v) is 0.915. The molecule has 0 unspecified atom stereocenters. The molecule has 0 aliphatic heterocycles. The minimum Gasteiger partial charge on any atom is -0.494 e. The van der Waals surface area contributed by atoms with E-state index in [-0.39, 0.29) is 0 Å². The second-order valence-electron chi connectivity index (χ2n) is 2.75. The van der Waals surface area contributed by atoms with E-state index in [2.05, 4.69) is 16.9 Å². The first-order chi connectivity index (χ1) is 6.27. The summed E-state index contributed by atoms with van der Waals surface area (Å²) in [5, 5.41) is 0. The Labute approximate surface area is 78.5 Å².